The van der Waals surface area contributed by atoms with Crippen LogP contribution in [0.4, 0.5) is 5.82 Å². The van der Waals surface area contributed by atoms with Crippen LogP contribution in [0.1, 0.15) is 19.2 Å². The molecule has 7 heteroatoms. The molecule has 110 valence electrons. The van der Waals surface area contributed by atoms with Crippen LogP contribution in [-0.2, 0) is 6.54 Å². The lowest BCUT2D eigenvalue weighted by Gasteiger charge is -2.23. The lowest BCUT2D eigenvalue weighted by molar-refractivity contribution is 0.239. The molecule has 1 atom stereocenters. The highest BCUT2D eigenvalue weighted by Crippen LogP contribution is 2.24. The number of hydrogen-bond donors (Lipinski definition) is 2. The monoisotopic (exact) mass is 311 g/mol. The lowest BCUT2D eigenvalue weighted by atomic mass is 10.2. The van der Waals surface area contributed by atoms with Crippen molar-refractivity contribution in [2.24, 2.45) is 5.84 Å². The van der Waals surface area contributed by atoms with Crippen molar-refractivity contribution in [1.82, 2.24) is 14.9 Å². The van der Waals surface area contributed by atoms with Gasteiger partial charge in [-0.15, -0.1) is 11.3 Å². The molecule has 2 rings (SSSR count). The van der Waals surface area contributed by atoms with Crippen molar-refractivity contribution in [3.63, 3.8) is 0 Å². The summed E-state index contributed by atoms with van der Waals surface area (Å²) < 4.78 is 0. The summed E-state index contributed by atoms with van der Waals surface area (Å²) in [6.45, 7) is 2.97. The van der Waals surface area contributed by atoms with Gasteiger partial charge in [0.05, 0.1) is 11.9 Å². The number of nitrogens with one attached hydrogen (secondary N) is 1. The number of nitrogen functional groups attached to an aromatic ring is 1. The Labute approximate surface area is 127 Å². The highest BCUT2D eigenvalue weighted by Gasteiger charge is 2.13. The zero-order valence-electron chi connectivity index (χ0n) is 12.1. The number of nitrogens with zero attached hydrogens (tertiary/aromatic N) is 3. The van der Waals surface area contributed by atoms with E-state index in [1.54, 1.807) is 11.3 Å². The minimum absolute atomic E-state index is 0.513. The average molecular weight is 311 g/mol. The molecular formula is C13H21N5S2. The maximum atomic E-state index is 5.55. The van der Waals surface area contributed by atoms with Crippen molar-refractivity contribution in [3.05, 3.63) is 17.3 Å². The first-order valence-electron chi connectivity index (χ1n) is 6.55. The zero-order valence-corrected chi connectivity index (χ0v) is 13.7. The number of rotatable bonds is 7. The number of anilines is 1. The van der Waals surface area contributed by atoms with Crippen LogP contribution < -0.4 is 11.3 Å². The van der Waals surface area contributed by atoms with Gasteiger partial charge in [-0.2, -0.15) is 11.8 Å². The molecule has 0 aliphatic carbocycles. The summed E-state index contributed by atoms with van der Waals surface area (Å²) in [5.41, 5.74) is 2.67. The van der Waals surface area contributed by atoms with Crippen molar-refractivity contribution in [3.8, 4) is 0 Å². The van der Waals surface area contributed by atoms with E-state index in [1.807, 2.05) is 23.2 Å². The molecule has 0 saturated carbocycles. The second-order valence-electron chi connectivity index (χ2n) is 4.82. The van der Waals surface area contributed by atoms with Crippen LogP contribution in [0.25, 0.3) is 10.2 Å². The molecule has 5 nitrogen and oxygen atoms in total. The molecule has 20 heavy (non-hydrogen) atoms. The van der Waals surface area contributed by atoms with E-state index in [2.05, 4.69) is 40.5 Å². The Morgan fingerprint density at radius 3 is 3.00 bits per heavy atom. The van der Waals surface area contributed by atoms with Crippen LogP contribution in [0.15, 0.2) is 11.4 Å². The Balaban J connectivity index is 2.12. The number of aromatic nitrogens is 2. The van der Waals surface area contributed by atoms with Gasteiger partial charge in [-0.25, -0.2) is 15.8 Å². The topological polar surface area (TPSA) is 67.1 Å². The van der Waals surface area contributed by atoms with Gasteiger partial charge in [0.15, 0.2) is 5.82 Å². The van der Waals surface area contributed by atoms with E-state index in [0.717, 1.165) is 22.6 Å². The zero-order chi connectivity index (χ0) is 14.5. The van der Waals surface area contributed by atoms with Crippen LogP contribution in [0, 0.1) is 0 Å². The minimum Gasteiger partial charge on any atom is -0.308 e. The number of fused-ring (bicyclic) bond motifs is 1. The molecule has 0 bridgehead atoms. The first kappa shape index (κ1) is 15.5. The van der Waals surface area contributed by atoms with Gasteiger partial charge in [0.2, 0.25) is 0 Å². The molecule has 0 spiro atoms. The smallest absolute Gasteiger partial charge is 0.152 e. The molecule has 0 aliphatic rings. The van der Waals surface area contributed by atoms with E-state index < -0.39 is 0 Å². The molecule has 0 amide bonds. The van der Waals surface area contributed by atoms with E-state index in [4.69, 9.17) is 5.84 Å². The van der Waals surface area contributed by atoms with E-state index >= 15 is 0 Å². The summed E-state index contributed by atoms with van der Waals surface area (Å²) in [5, 5.41) is 2.99. The van der Waals surface area contributed by atoms with Gasteiger partial charge < -0.3 is 5.43 Å². The van der Waals surface area contributed by atoms with E-state index in [0.29, 0.717) is 11.9 Å². The highest BCUT2D eigenvalue weighted by atomic mass is 32.2. The largest absolute Gasteiger partial charge is 0.308 e. The van der Waals surface area contributed by atoms with Crippen LogP contribution in [-0.4, -0.2) is 40.0 Å². The third-order valence-electron chi connectivity index (χ3n) is 3.39. The van der Waals surface area contributed by atoms with E-state index in [9.17, 15) is 0 Å². The standard InChI is InChI=1S/C13H21N5S2/c1-9(4-6-19-3)18(2)8-11-15-12(17-14)10-5-7-20-13(10)16-11/h5,7,9H,4,6,8,14H2,1-3H3,(H,15,16,17). The third-order valence-corrected chi connectivity index (χ3v) is 4.84. The second-order valence-corrected chi connectivity index (χ2v) is 6.70. The fourth-order valence-electron chi connectivity index (χ4n) is 1.97. The normalized spacial score (nSPS) is 13.1. The lowest BCUT2D eigenvalue weighted by Crippen LogP contribution is -2.30. The van der Waals surface area contributed by atoms with Crippen molar-refractivity contribution >= 4 is 39.1 Å². The summed E-state index contributed by atoms with van der Waals surface area (Å²) in [7, 11) is 2.11. The highest BCUT2D eigenvalue weighted by molar-refractivity contribution is 7.98. The molecule has 2 heterocycles. The van der Waals surface area contributed by atoms with E-state index in [-0.39, 0.29) is 0 Å². The van der Waals surface area contributed by atoms with Crippen molar-refractivity contribution < 1.29 is 0 Å². The minimum atomic E-state index is 0.513. The predicted octanol–water partition coefficient (Wildman–Crippen LogP) is 2.55. The van der Waals surface area contributed by atoms with E-state index in [1.165, 1.54) is 12.2 Å². The molecule has 0 saturated heterocycles. The summed E-state index contributed by atoms with van der Waals surface area (Å²) in [5.74, 6) is 8.24. The number of hydrazine groups is 1. The predicted molar refractivity (Wildman–Crippen MR) is 89.2 cm³/mol. The maximum Gasteiger partial charge on any atom is 0.152 e. The number of nitrogens with two attached hydrogens (primary N) is 1. The van der Waals surface area contributed by atoms with Gasteiger partial charge >= 0.3 is 0 Å². The molecule has 2 aromatic rings. The van der Waals surface area contributed by atoms with Crippen molar-refractivity contribution in [1.29, 1.82) is 0 Å². The Bertz CT molecular complexity index is 557. The fraction of sp³-hybridized carbons (Fsp3) is 0.538. The Kier molecular flexibility index (Phi) is 5.59. The maximum absolute atomic E-state index is 5.55. The van der Waals surface area contributed by atoms with Crippen LogP contribution in [0.2, 0.25) is 0 Å². The molecule has 0 fully saturated rings. The Hall–Kier alpha value is -0.890. The molecule has 2 aromatic heterocycles. The molecular weight excluding hydrogens is 290 g/mol. The van der Waals surface area contributed by atoms with Crippen LogP contribution in [0.3, 0.4) is 0 Å². The molecule has 0 aliphatic heterocycles. The fourth-order valence-corrected chi connectivity index (χ4v) is 3.33. The number of hydrogen-bond acceptors (Lipinski definition) is 7. The first-order valence-corrected chi connectivity index (χ1v) is 8.83. The quantitative estimate of drug-likeness (QED) is 0.605. The van der Waals surface area contributed by atoms with Crippen LogP contribution in [0.5, 0.6) is 0 Å². The summed E-state index contributed by atoms with van der Waals surface area (Å²) in [4.78, 5) is 12.4. The summed E-state index contributed by atoms with van der Waals surface area (Å²) >= 11 is 3.49. The summed E-state index contributed by atoms with van der Waals surface area (Å²) in [6.07, 6.45) is 3.31. The average Bonchev–Trinajstić information content (AvgIpc) is 2.91. The molecule has 1 unspecified atom stereocenters. The van der Waals surface area contributed by atoms with Gasteiger partial charge in [0.25, 0.3) is 0 Å². The third kappa shape index (κ3) is 3.60. The Morgan fingerprint density at radius 2 is 2.30 bits per heavy atom. The first-order chi connectivity index (χ1) is 9.65. The number of thioether (sulfide) groups is 1. The molecule has 3 N–H and O–H groups in total. The van der Waals surface area contributed by atoms with Gasteiger partial charge in [-0.3, -0.25) is 4.90 Å². The summed E-state index contributed by atoms with van der Waals surface area (Å²) in [6, 6.07) is 2.50. The van der Waals surface area contributed by atoms with Gasteiger partial charge in [-0.1, -0.05) is 0 Å². The van der Waals surface area contributed by atoms with Gasteiger partial charge in [0.1, 0.15) is 10.7 Å². The van der Waals surface area contributed by atoms with Crippen molar-refractivity contribution in [2.75, 3.05) is 24.5 Å². The van der Waals surface area contributed by atoms with Gasteiger partial charge in [0, 0.05) is 6.04 Å². The van der Waals surface area contributed by atoms with Gasteiger partial charge in [-0.05, 0) is 43.8 Å². The number of thiophene rings is 1. The SMILES string of the molecule is CSCCC(C)N(C)Cc1nc(NN)c2ccsc2n1. The molecule has 0 aromatic carbocycles. The second kappa shape index (κ2) is 7.21. The van der Waals surface area contributed by atoms with Crippen molar-refractivity contribution in [2.45, 2.75) is 25.9 Å². The van der Waals surface area contributed by atoms with Crippen LogP contribution >= 0.6 is 23.1 Å². The molecule has 0 radical (unpaired) electrons. The Morgan fingerprint density at radius 1 is 1.50 bits per heavy atom.